The molecule has 16 heavy (non-hydrogen) atoms. The summed E-state index contributed by atoms with van der Waals surface area (Å²) in [5, 5.41) is 3.83. The molecule has 1 aromatic rings. The Bertz CT molecular complexity index is 353. The third kappa shape index (κ3) is 3.81. The second-order valence-corrected chi connectivity index (χ2v) is 4.13. The molecule has 0 spiro atoms. The lowest BCUT2D eigenvalue weighted by Crippen LogP contribution is -2.44. The van der Waals surface area contributed by atoms with Gasteiger partial charge in [-0.1, -0.05) is 23.7 Å². The maximum atomic E-state index is 10.7. The number of rotatable bonds is 5. The van der Waals surface area contributed by atoms with Gasteiger partial charge in [-0.05, 0) is 24.6 Å². The third-order valence-electron chi connectivity index (χ3n) is 2.38. The Labute approximate surface area is 100.0 Å². The average molecular weight is 242 g/mol. The zero-order chi connectivity index (χ0) is 12.1. The summed E-state index contributed by atoms with van der Waals surface area (Å²) in [5.74, 6) is -0.504. The van der Waals surface area contributed by atoms with Gasteiger partial charge in [0.25, 0.3) is 0 Å². The molecule has 0 saturated heterocycles. The minimum Gasteiger partial charge on any atom is -0.368 e. The number of nitrogens with two attached hydrogens (primary N) is 2. The minimum atomic E-state index is -0.658. The zero-order valence-corrected chi connectivity index (χ0v) is 9.87. The Morgan fingerprint density at radius 1 is 1.44 bits per heavy atom. The van der Waals surface area contributed by atoms with E-state index in [-0.39, 0.29) is 6.04 Å². The van der Waals surface area contributed by atoms with Crippen molar-refractivity contribution in [3.63, 3.8) is 0 Å². The summed E-state index contributed by atoms with van der Waals surface area (Å²) in [6.45, 7) is 2.34. The lowest BCUT2D eigenvalue weighted by Gasteiger charge is -2.16. The zero-order valence-electron chi connectivity index (χ0n) is 9.11. The van der Waals surface area contributed by atoms with Crippen LogP contribution in [0.25, 0.3) is 0 Å². The van der Waals surface area contributed by atoms with Gasteiger partial charge in [0.15, 0.2) is 0 Å². The van der Waals surface area contributed by atoms with Crippen molar-refractivity contribution in [3.8, 4) is 0 Å². The van der Waals surface area contributed by atoms with Crippen molar-refractivity contribution in [1.82, 2.24) is 5.32 Å². The number of nitrogens with one attached hydrogen (secondary N) is 1. The quantitative estimate of drug-likeness (QED) is 0.713. The third-order valence-corrected chi connectivity index (χ3v) is 2.63. The van der Waals surface area contributed by atoms with Crippen LogP contribution in [-0.2, 0) is 4.79 Å². The van der Waals surface area contributed by atoms with Crippen LogP contribution in [0.15, 0.2) is 24.3 Å². The van der Waals surface area contributed by atoms with Crippen LogP contribution in [-0.4, -0.2) is 18.5 Å². The maximum absolute atomic E-state index is 10.7. The van der Waals surface area contributed by atoms with Crippen LogP contribution in [0.1, 0.15) is 18.5 Å². The molecule has 88 valence electrons. The second-order valence-electron chi connectivity index (χ2n) is 3.69. The molecule has 0 aliphatic rings. The van der Waals surface area contributed by atoms with Crippen molar-refractivity contribution in [2.45, 2.75) is 19.0 Å². The van der Waals surface area contributed by atoms with Gasteiger partial charge >= 0.3 is 0 Å². The van der Waals surface area contributed by atoms with Crippen molar-refractivity contribution in [1.29, 1.82) is 0 Å². The Balaban J connectivity index is 2.49. The van der Waals surface area contributed by atoms with Gasteiger partial charge in [0.2, 0.25) is 5.91 Å². The monoisotopic (exact) mass is 241 g/mol. The van der Waals surface area contributed by atoms with Crippen LogP contribution < -0.4 is 16.8 Å². The highest BCUT2D eigenvalue weighted by atomic mass is 35.5. The Hall–Kier alpha value is -1.10. The molecule has 0 aliphatic carbocycles. The molecule has 1 rings (SSSR count). The standard InChI is InChI=1S/C11H16ClN3O/c1-7(15-6-10(13)11(14)16)8-2-4-9(12)5-3-8/h2-5,7,10,15H,6,13H2,1H3,(H2,14,16)/t7-,10?/m1/s1. The molecule has 0 bridgehead atoms. The number of amides is 1. The maximum Gasteiger partial charge on any atom is 0.235 e. The average Bonchev–Trinajstić information content (AvgIpc) is 2.26. The normalized spacial score (nSPS) is 14.4. The Kier molecular flexibility index (Phi) is 4.73. The summed E-state index contributed by atoms with van der Waals surface area (Å²) in [5.41, 5.74) is 11.7. The van der Waals surface area contributed by atoms with E-state index in [0.29, 0.717) is 11.6 Å². The molecule has 5 N–H and O–H groups in total. The summed E-state index contributed by atoms with van der Waals surface area (Å²) in [6.07, 6.45) is 0. The fourth-order valence-electron chi connectivity index (χ4n) is 1.27. The molecule has 1 aromatic carbocycles. The topological polar surface area (TPSA) is 81.1 Å². The number of carbonyl (C=O) groups is 1. The van der Waals surface area contributed by atoms with Crippen molar-refractivity contribution in [2.24, 2.45) is 11.5 Å². The van der Waals surface area contributed by atoms with E-state index in [0.717, 1.165) is 5.56 Å². The van der Waals surface area contributed by atoms with Gasteiger partial charge in [-0.3, -0.25) is 4.79 Å². The first-order valence-electron chi connectivity index (χ1n) is 5.04. The summed E-state index contributed by atoms with van der Waals surface area (Å²) in [6, 6.07) is 6.94. The number of primary amides is 1. The van der Waals surface area contributed by atoms with E-state index in [1.807, 2.05) is 31.2 Å². The minimum absolute atomic E-state index is 0.0997. The summed E-state index contributed by atoms with van der Waals surface area (Å²) < 4.78 is 0. The number of hydrogen-bond donors (Lipinski definition) is 3. The van der Waals surface area contributed by atoms with Gasteiger partial charge in [-0.2, -0.15) is 0 Å². The molecule has 0 aliphatic heterocycles. The van der Waals surface area contributed by atoms with E-state index in [2.05, 4.69) is 5.32 Å². The highest BCUT2D eigenvalue weighted by molar-refractivity contribution is 6.30. The number of benzene rings is 1. The molecule has 1 unspecified atom stereocenters. The van der Waals surface area contributed by atoms with E-state index < -0.39 is 11.9 Å². The summed E-state index contributed by atoms with van der Waals surface area (Å²) in [7, 11) is 0. The predicted octanol–water partition coefficient (Wildman–Crippen LogP) is 0.803. The van der Waals surface area contributed by atoms with Crippen molar-refractivity contribution < 1.29 is 4.79 Å². The second kappa shape index (κ2) is 5.84. The van der Waals surface area contributed by atoms with E-state index in [1.165, 1.54) is 0 Å². The molecule has 4 nitrogen and oxygen atoms in total. The molecule has 0 fully saturated rings. The Morgan fingerprint density at radius 3 is 2.50 bits per heavy atom. The first-order valence-corrected chi connectivity index (χ1v) is 5.42. The molecule has 1 amide bonds. The van der Waals surface area contributed by atoms with Crippen LogP contribution >= 0.6 is 11.6 Å². The van der Waals surface area contributed by atoms with Crippen molar-refractivity contribution >= 4 is 17.5 Å². The molecule has 5 heteroatoms. The fourth-order valence-corrected chi connectivity index (χ4v) is 1.40. The fraction of sp³-hybridized carbons (Fsp3) is 0.364. The summed E-state index contributed by atoms with van der Waals surface area (Å²) in [4.78, 5) is 10.7. The van der Waals surface area contributed by atoms with E-state index >= 15 is 0 Å². The highest BCUT2D eigenvalue weighted by Gasteiger charge is 2.11. The highest BCUT2D eigenvalue weighted by Crippen LogP contribution is 2.15. The van der Waals surface area contributed by atoms with Gasteiger partial charge in [0, 0.05) is 17.6 Å². The molecule has 2 atom stereocenters. The smallest absolute Gasteiger partial charge is 0.235 e. The van der Waals surface area contributed by atoms with E-state index in [9.17, 15) is 4.79 Å². The number of carbonyl (C=O) groups excluding carboxylic acids is 1. The SMILES string of the molecule is C[C@@H](NCC(N)C(N)=O)c1ccc(Cl)cc1. The lowest BCUT2D eigenvalue weighted by molar-refractivity contribution is -0.119. The van der Waals surface area contributed by atoms with Gasteiger partial charge in [0.05, 0.1) is 6.04 Å². The van der Waals surface area contributed by atoms with Crippen LogP contribution in [0.2, 0.25) is 5.02 Å². The largest absolute Gasteiger partial charge is 0.368 e. The van der Waals surface area contributed by atoms with Crippen molar-refractivity contribution in [2.75, 3.05) is 6.54 Å². The van der Waals surface area contributed by atoms with E-state index in [4.69, 9.17) is 23.1 Å². The Morgan fingerprint density at radius 2 is 2.00 bits per heavy atom. The van der Waals surface area contributed by atoms with Gasteiger partial charge in [-0.15, -0.1) is 0 Å². The lowest BCUT2D eigenvalue weighted by atomic mass is 10.1. The van der Waals surface area contributed by atoms with Gasteiger partial charge in [-0.25, -0.2) is 0 Å². The first kappa shape index (κ1) is 13.0. The van der Waals surface area contributed by atoms with Crippen LogP contribution in [0, 0.1) is 0 Å². The molecule has 0 heterocycles. The van der Waals surface area contributed by atoms with Crippen LogP contribution in [0.4, 0.5) is 0 Å². The van der Waals surface area contributed by atoms with Gasteiger partial charge < -0.3 is 16.8 Å². The first-order chi connectivity index (χ1) is 7.50. The molecule has 0 aromatic heterocycles. The summed E-state index contributed by atoms with van der Waals surface area (Å²) >= 11 is 5.78. The molecular weight excluding hydrogens is 226 g/mol. The van der Waals surface area contributed by atoms with Crippen LogP contribution in [0.5, 0.6) is 0 Å². The molecular formula is C11H16ClN3O. The molecule has 0 saturated carbocycles. The number of halogens is 1. The van der Waals surface area contributed by atoms with Crippen molar-refractivity contribution in [3.05, 3.63) is 34.9 Å². The molecule has 0 radical (unpaired) electrons. The van der Waals surface area contributed by atoms with E-state index in [1.54, 1.807) is 0 Å². The number of hydrogen-bond acceptors (Lipinski definition) is 3. The van der Waals surface area contributed by atoms with Gasteiger partial charge in [0.1, 0.15) is 0 Å². The predicted molar refractivity (Wildman–Crippen MR) is 65.0 cm³/mol. The van der Waals surface area contributed by atoms with Crippen LogP contribution in [0.3, 0.4) is 0 Å².